The van der Waals surface area contributed by atoms with Crippen LogP contribution in [0, 0.1) is 0 Å². The van der Waals surface area contributed by atoms with E-state index in [0.717, 1.165) is 0 Å². The van der Waals surface area contributed by atoms with E-state index in [1.807, 2.05) is 0 Å². The van der Waals surface area contributed by atoms with E-state index in [1.165, 1.54) is 0 Å². The smallest absolute Gasteiger partial charge is 0.288 e. The van der Waals surface area contributed by atoms with Crippen LogP contribution in [-0.2, 0) is 4.79 Å². The van der Waals surface area contributed by atoms with Crippen LogP contribution in [0.1, 0.15) is 19.3 Å². The number of thiol groups is 1. The third-order valence-corrected chi connectivity index (χ3v) is 1.07. The first-order valence-electron chi connectivity index (χ1n) is 2.70. The van der Waals surface area contributed by atoms with Crippen molar-refractivity contribution in [2.24, 2.45) is 0 Å². The van der Waals surface area contributed by atoms with Crippen LogP contribution < -0.4 is 0 Å². The van der Waals surface area contributed by atoms with E-state index in [4.69, 9.17) is 0 Å². The van der Waals surface area contributed by atoms with Gasteiger partial charge in [0.25, 0.3) is 0 Å². The predicted octanol–water partition coefficient (Wildman–Crippen LogP) is 2.18. The van der Waals surface area contributed by atoms with Crippen molar-refractivity contribution in [3.8, 4) is 0 Å². The molecule has 0 aromatic heterocycles. The highest BCUT2D eigenvalue weighted by Gasteiger charge is 2.26. The molecule has 0 aliphatic carbocycles. The number of carbonyl (C=O) groups excluding carboxylic acids is 1. The number of rotatable bonds is 3. The maximum Gasteiger partial charge on any atom is 0.389 e. The Bertz CT molecular complexity index is 121. The second-order valence-corrected chi connectivity index (χ2v) is 2.36. The summed E-state index contributed by atoms with van der Waals surface area (Å²) in [6, 6.07) is 0. The lowest BCUT2D eigenvalue weighted by atomic mass is 10.2. The van der Waals surface area contributed by atoms with Gasteiger partial charge in [0.1, 0.15) is 0 Å². The van der Waals surface area contributed by atoms with E-state index in [9.17, 15) is 18.0 Å². The molecule has 0 spiro atoms. The zero-order chi connectivity index (χ0) is 8.20. The van der Waals surface area contributed by atoms with Crippen LogP contribution in [0.25, 0.3) is 0 Å². The summed E-state index contributed by atoms with van der Waals surface area (Å²) in [5, 5.41) is -0.496. The lowest BCUT2D eigenvalue weighted by Crippen LogP contribution is -2.06. The van der Waals surface area contributed by atoms with E-state index in [0.29, 0.717) is 0 Å². The van der Waals surface area contributed by atoms with Crippen LogP contribution in [-0.4, -0.2) is 11.3 Å². The first-order chi connectivity index (χ1) is 4.42. The summed E-state index contributed by atoms with van der Waals surface area (Å²) >= 11 is 3.32. The second kappa shape index (κ2) is 3.85. The lowest BCUT2D eigenvalue weighted by molar-refractivity contribution is -0.136. The summed E-state index contributed by atoms with van der Waals surface area (Å²) in [6.45, 7) is 0. The Morgan fingerprint density at radius 1 is 1.40 bits per heavy atom. The molecular formula is C5H7F3OS. The summed E-state index contributed by atoms with van der Waals surface area (Å²) in [7, 11) is 0. The summed E-state index contributed by atoms with van der Waals surface area (Å²) in [4.78, 5) is 10.0. The monoisotopic (exact) mass is 172 g/mol. The zero-order valence-electron chi connectivity index (χ0n) is 5.11. The third-order valence-electron chi connectivity index (χ3n) is 0.851. The molecule has 0 amide bonds. The van der Waals surface area contributed by atoms with Gasteiger partial charge in [-0.2, -0.15) is 13.2 Å². The topological polar surface area (TPSA) is 17.1 Å². The van der Waals surface area contributed by atoms with Gasteiger partial charge in [-0.25, -0.2) is 0 Å². The highest BCUT2D eigenvalue weighted by molar-refractivity contribution is 7.96. The molecule has 0 radical (unpaired) electrons. The van der Waals surface area contributed by atoms with E-state index in [2.05, 4.69) is 12.6 Å². The SMILES string of the molecule is O=C(S)CCCC(F)(F)F. The summed E-state index contributed by atoms with van der Waals surface area (Å²) in [5.74, 6) is 0. The normalized spacial score (nSPS) is 11.6. The molecule has 0 bridgehead atoms. The van der Waals surface area contributed by atoms with Crippen molar-refractivity contribution >= 4 is 17.7 Å². The van der Waals surface area contributed by atoms with Crippen LogP contribution >= 0.6 is 12.6 Å². The molecule has 0 aromatic carbocycles. The molecule has 0 atom stereocenters. The molecule has 0 N–H and O–H groups in total. The third kappa shape index (κ3) is 7.81. The Balaban J connectivity index is 3.29. The maximum absolute atomic E-state index is 11.4. The van der Waals surface area contributed by atoms with Crippen molar-refractivity contribution in [1.29, 1.82) is 0 Å². The van der Waals surface area contributed by atoms with Crippen LogP contribution in [0.15, 0.2) is 0 Å². The highest BCUT2D eigenvalue weighted by atomic mass is 32.1. The van der Waals surface area contributed by atoms with Crippen LogP contribution in [0.3, 0.4) is 0 Å². The number of alkyl halides is 3. The molecule has 10 heavy (non-hydrogen) atoms. The van der Waals surface area contributed by atoms with Crippen LogP contribution in [0.4, 0.5) is 13.2 Å². The van der Waals surface area contributed by atoms with Crippen LogP contribution in [0.2, 0.25) is 0 Å². The van der Waals surface area contributed by atoms with Crippen molar-refractivity contribution in [3.05, 3.63) is 0 Å². The fourth-order valence-electron chi connectivity index (χ4n) is 0.440. The molecule has 0 fully saturated rings. The molecular weight excluding hydrogens is 165 g/mol. The highest BCUT2D eigenvalue weighted by Crippen LogP contribution is 2.22. The minimum atomic E-state index is -4.15. The molecule has 0 rings (SSSR count). The average molecular weight is 172 g/mol. The molecule has 5 heteroatoms. The molecule has 0 aliphatic heterocycles. The minimum Gasteiger partial charge on any atom is -0.288 e. The van der Waals surface area contributed by atoms with Gasteiger partial charge in [-0.05, 0) is 6.42 Å². The molecule has 0 saturated heterocycles. The molecule has 0 heterocycles. The Morgan fingerprint density at radius 3 is 2.20 bits per heavy atom. The maximum atomic E-state index is 11.4. The number of halogens is 3. The van der Waals surface area contributed by atoms with E-state index in [1.54, 1.807) is 0 Å². The second-order valence-electron chi connectivity index (χ2n) is 1.86. The molecule has 1 nitrogen and oxygen atoms in total. The van der Waals surface area contributed by atoms with Crippen molar-refractivity contribution in [1.82, 2.24) is 0 Å². The number of carbonyl (C=O) groups is 1. The molecule has 0 saturated carbocycles. The minimum absolute atomic E-state index is 0.109. The van der Waals surface area contributed by atoms with Gasteiger partial charge in [0, 0.05) is 12.8 Å². The van der Waals surface area contributed by atoms with Gasteiger partial charge in [0.05, 0.1) is 0 Å². The van der Waals surface area contributed by atoms with Gasteiger partial charge in [-0.15, -0.1) is 12.6 Å². The standard InChI is InChI=1S/C5H7F3OS/c6-5(7,8)3-1-2-4(9)10/h1-3H2,(H,9,10). The molecule has 0 aromatic rings. The van der Waals surface area contributed by atoms with Gasteiger partial charge in [-0.1, -0.05) is 0 Å². The first-order valence-corrected chi connectivity index (χ1v) is 3.15. The fraction of sp³-hybridized carbons (Fsp3) is 0.800. The largest absolute Gasteiger partial charge is 0.389 e. The summed E-state index contributed by atoms with van der Waals surface area (Å²) in [5.41, 5.74) is 0. The van der Waals surface area contributed by atoms with E-state index < -0.39 is 17.7 Å². The molecule has 60 valence electrons. The van der Waals surface area contributed by atoms with Crippen molar-refractivity contribution in [2.45, 2.75) is 25.4 Å². The Labute approximate surface area is 62.0 Å². The van der Waals surface area contributed by atoms with E-state index >= 15 is 0 Å². The van der Waals surface area contributed by atoms with Gasteiger partial charge in [0.2, 0.25) is 0 Å². The Kier molecular flexibility index (Phi) is 3.78. The molecule has 0 aliphatic rings. The van der Waals surface area contributed by atoms with Gasteiger partial charge in [-0.3, -0.25) is 4.79 Å². The van der Waals surface area contributed by atoms with Crippen molar-refractivity contribution in [3.63, 3.8) is 0 Å². The zero-order valence-corrected chi connectivity index (χ0v) is 6.01. The van der Waals surface area contributed by atoms with Crippen molar-refractivity contribution in [2.75, 3.05) is 0 Å². The Hall–Kier alpha value is -0.190. The average Bonchev–Trinajstić information content (AvgIpc) is 1.59. The van der Waals surface area contributed by atoms with Crippen LogP contribution in [0.5, 0.6) is 0 Å². The van der Waals surface area contributed by atoms with Crippen molar-refractivity contribution < 1.29 is 18.0 Å². The predicted molar refractivity (Wildman–Crippen MR) is 33.9 cm³/mol. The van der Waals surface area contributed by atoms with Gasteiger partial charge in [0.15, 0.2) is 5.12 Å². The van der Waals surface area contributed by atoms with Gasteiger partial charge < -0.3 is 0 Å². The summed E-state index contributed by atoms with van der Waals surface area (Å²) in [6.07, 6.45) is -5.32. The van der Waals surface area contributed by atoms with E-state index in [-0.39, 0.29) is 12.8 Å². The lowest BCUT2D eigenvalue weighted by Gasteiger charge is -2.02. The summed E-state index contributed by atoms with van der Waals surface area (Å²) < 4.78 is 34.1. The Morgan fingerprint density at radius 2 is 1.90 bits per heavy atom. The number of hydrogen-bond acceptors (Lipinski definition) is 1. The first kappa shape index (κ1) is 9.81. The molecule has 0 unspecified atom stereocenters. The quantitative estimate of drug-likeness (QED) is 0.645. The fourth-order valence-corrected chi connectivity index (χ4v) is 0.598. The number of hydrogen-bond donors (Lipinski definition) is 1. The van der Waals surface area contributed by atoms with Gasteiger partial charge >= 0.3 is 6.18 Å².